The van der Waals surface area contributed by atoms with Crippen LogP contribution in [0.25, 0.3) is 10.9 Å². The Labute approximate surface area is 140 Å². The average molecular weight is 323 g/mol. The zero-order valence-corrected chi connectivity index (χ0v) is 13.6. The van der Waals surface area contributed by atoms with Gasteiger partial charge in [-0.1, -0.05) is 18.2 Å². The number of ether oxygens (including phenoxy) is 1. The lowest BCUT2D eigenvalue weighted by atomic mass is 10.2. The van der Waals surface area contributed by atoms with Crippen molar-refractivity contribution in [3.63, 3.8) is 0 Å². The smallest absolute Gasteiger partial charge is 0.171 e. The molecule has 0 radical (unpaired) electrons. The van der Waals surface area contributed by atoms with Gasteiger partial charge in [-0.3, -0.25) is 4.98 Å². The Balaban J connectivity index is 1.64. The van der Waals surface area contributed by atoms with Gasteiger partial charge in [0.15, 0.2) is 5.11 Å². The predicted molar refractivity (Wildman–Crippen MR) is 97.8 cm³/mol. The summed E-state index contributed by atoms with van der Waals surface area (Å²) in [5, 5.41) is 8.07. The number of nitrogens with zero attached hydrogens (tertiary/aromatic N) is 1. The highest BCUT2D eigenvalue weighted by atomic mass is 32.1. The molecule has 0 unspecified atom stereocenters. The molecular formula is C18H17N3OS. The lowest BCUT2D eigenvalue weighted by molar-refractivity contribution is 0.414. The molecule has 2 N–H and O–H groups in total. The standard InChI is InChI=1S/C18H17N3OS/c1-22-14-9-7-13(8-10-14)12-20-18(23)21-17-6-2-5-16-15(17)4-3-11-19-16/h2-11H,12H2,1H3,(H2,20,21,23). The third-order valence-electron chi connectivity index (χ3n) is 3.51. The molecule has 0 atom stereocenters. The van der Waals surface area contributed by atoms with E-state index in [9.17, 15) is 0 Å². The first-order valence-corrected chi connectivity index (χ1v) is 7.68. The summed E-state index contributed by atoms with van der Waals surface area (Å²) in [6.45, 7) is 0.652. The van der Waals surface area contributed by atoms with E-state index in [0.717, 1.165) is 27.9 Å². The maximum Gasteiger partial charge on any atom is 0.171 e. The fourth-order valence-electron chi connectivity index (χ4n) is 2.30. The van der Waals surface area contributed by atoms with Crippen molar-refractivity contribution in [2.45, 2.75) is 6.54 Å². The Morgan fingerprint density at radius 2 is 1.91 bits per heavy atom. The molecule has 0 saturated carbocycles. The first-order chi connectivity index (χ1) is 11.3. The van der Waals surface area contributed by atoms with Crippen LogP contribution in [0.1, 0.15) is 5.56 Å². The molecular weight excluding hydrogens is 306 g/mol. The number of hydrogen-bond donors (Lipinski definition) is 2. The van der Waals surface area contributed by atoms with Crippen molar-refractivity contribution in [2.24, 2.45) is 0 Å². The van der Waals surface area contributed by atoms with Gasteiger partial charge in [0, 0.05) is 23.8 Å². The van der Waals surface area contributed by atoms with Crippen LogP contribution in [-0.2, 0) is 6.54 Å². The molecule has 3 aromatic rings. The fraction of sp³-hybridized carbons (Fsp3) is 0.111. The number of hydrogen-bond acceptors (Lipinski definition) is 3. The second-order valence-electron chi connectivity index (χ2n) is 5.03. The molecule has 0 bridgehead atoms. The number of thiocarbonyl (C=S) groups is 1. The van der Waals surface area contributed by atoms with Crippen molar-refractivity contribution in [3.05, 3.63) is 66.4 Å². The Hall–Kier alpha value is -2.66. The molecule has 1 aromatic heterocycles. The number of methoxy groups -OCH3 is 1. The molecule has 0 aliphatic rings. The van der Waals surface area contributed by atoms with E-state index in [1.165, 1.54) is 0 Å². The maximum absolute atomic E-state index is 5.38. The SMILES string of the molecule is COc1ccc(CNC(=S)Nc2cccc3ncccc23)cc1. The molecule has 3 rings (SSSR count). The predicted octanol–water partition coefficient (Wildman–Crippen LogP) is 3.73. The van der Waals surface area contributed by atoms with Crippen LogP contribution in [0.3, 0.4) is 0 Å². The summed E-state index contributed by atoms with van der Waals surface area (Å²) in [5.41, 5.74) is 3.02. The van der Waals surface area contributed by atoms with E-state index in [4.69, 9.17) is 17.0 Å². The zero-order valence-electron chi connectivity index (χ0n) is 12.7. The van der Waals surface area contributed by atoms with Crippen LogP contribution in [0.4, 0.5) is 5.69 Å². The highest BCUT2D eigenvalue weighted by Gasteiger charge is 2.03. The molecule has 0 amide bonds. The number of aromatic nitrogens is 1. The second-order valence-corrected chi connectivity index (χ2v) is 5.44. The number of nitrogens with one attached hydrogen (secondary N) is 2. The summed E-state index contributed by atoms with van der Waals surface area (Å²) in [6, 6.07) is 17.8. The second kappa shape index (κ2) is 7.07. The van der Waals surface area contributed by atoms with Crippen molar-refractivity contribution in [3.8, 4) is 5.75 Å². The van der Waals surface area contributed by atoms with Crippen LogP contribution >= 0.6 is 12.2 Å². The van der Waals surface area contributed by atoms with E-state index >= 15 is 0 Å². The van der Waals surface area contributed by atoms with Crippen LogP contribution in [0.2, 0.25) is 0 Å². The fourth-order valence-corrected chi connectivity index (χ4v) is 2.49. The third-order valence-corrected chi connectivity index (χ3v) is 3.75. The minimum atomic E-state index is 0.581. The largest absolute Gasteiger partial charge is 0.497 e. The summed E-state index contributed by atoms with van der Waals surface area (Å²) >= 11 is 5.38. The van der Waals surface area contributed by atoms with Crippen LogP contribution in [0.15, 0.2) is 60.8 Å². The summed E-state index contributed by atoms with van der Waals surface area (Å²) in [5.74, 6) is 0.845. The summed E-state index contributed by atoms with van der Waals surface area (Å²) in [4.78, 5) is 4.34. The monoisotopic (exact) mass is 323 g/mol. The molecule has 0 fully saturated rings. The Bertz CT molecular complexity index is 813. The number of rotatable bonds is 4. The topological polar surface area (TPSA) is 46.2 Å². The van der Waals surface area contributed by atoms with Crippen molar-refractivity contribution in [1.29, 1.82) is 0 Å². The Kier molecular flexibility index (Phi) is 4.68. The van der Waals surface area contributed by atoms with Crippen molar-refractivity contribution in [2.75, 3.05) is 12.4 Å². The number of anilines is 1. The van der Waals surface area contributed by atoms with Crippen molar-refractivity contribution in [1.82, 2.24) is 10.3 Å². The Morgan fingerprint density at radius 1 is 1.09 bits per heavy atom. The van der Waals surface area contributed by atoms with Gasteiger partial charge in [-0.2, -0.15) is 0 Å². The van der Waals surface area contributed by atoms with Crippen molar-refractivity contribution < 1.29 is 4.74 Å². The quantitative estimate of drug-likeness (QED) is 0.716. The third kappa shape index (κ3) is 3.76. The van der Waals surface area contributed by atoms with E-state index in [2.05, 4.69) is 15.6 Å². The minimum Gasteiger partial charge on any atom is -0.497 e. The highest BCUT2D eigenvalue weighted by molar-refractivity contribution is 7.80. The molecule has 5 heteroatoms. The lowest BCUT2D eigenvalue weighted by Crippen LogP contribution is -2.27. The van der Waals surface area contributed by atoms with Gasteiger partial charge in [0.1, 0.15) is 5.75 Å². The van der Waals surface area contributed by atoms with E-state index in [0.29, 0.717) is 11.7 Å². The van der Waals surface area contributed by atoms with Gasteiger partial charge in [-0.25, -0.2) is 0 Å². The van der Waals surface area contributed by atoms with Crippen LogP contribution in [0, 0.1) is 0 Å². The minimum absolute atomic E-state index is 0.581. The van der Waals surface area contributed by atoms with Gasteiger partial charge in [-0.05, 0) is 54.2 Å². The van der Waals surface area contributed by atoms with Crippen LogP contribution in [-0.4, -0.2) is 17.2 Å². The molecule has 116 valence electrons. The molecule has 4 nitrogen and oxygen atoms in total. The van der Waals surface area contributed by atoms with Crippen LogP contribution in [0.5, 0.6) is 5.75 Å². The van der Waals surface area contributed by atoms with Gasteiger partial charge in [0.05, 0.1) is 12.6 Å². The van der Waals surface area contributed by atoms with E-state index in [1.54, 1.807) is 13.3 Å². The molecule has 0 spiro atoms. The van der Waals surface area contributed by atoms with Gasteiger partial charge >= 0.3 is 0 Å². The highest BCUT2D eigenvalue weighted by Crippen LogP contribution is 2.21. The van der Waals surface area contributed by atoms with E-state index < -0.39 is 0 Å². The molecule has 2 aromatic carbocycles. The normalized spacial score (nSPS) is 10.3. The number of fused-ring (bicyclic) bond motifs is 1. The van der Waals surface area contributed by atoms with Gasteiger partial charge < -0.3 is 15.4 Å². The number of pyridine rings is 1. The average Bonchev–Trinajstić information content (AvgIpc) is 2.61. The van der Waals surface area contributed by atoms with Crippen molar-refractivity contribution >= 4 is 33.9 Å². The van der Waals surface area contributed by atoms with Gasteiger partial charge in [-0.15, -0.1) is 0 Å². The molecule has 1 heterocycles. The molecule has 0 saturated heterocycles. The maximum atomic E-state index is 5.38. The summed E-state index contributed by atoms with van der Waals surface area (Å²) < 4.78 is 5.15. The first kappa shape index (κ1) is 15.2. The molecule has 23 heavy (non-hydrogen) atoms. The van der Waals surface area contributed by atoms with E-state index in [-0.39, 0.29) is 0 Å². The van der Waals surface area contributed by atoms with Gasteiger partial charge in [0.2, 0.25) is 0 Å². The van der Waals surface area contributed by atoms with Gasteiger partial charge in [0.25, 0.3) is 0 Å². The zero-order chi connectivity index (χ0) is 16.1. The summed E-state index contributed by atoms with van der Waals surface area (Å²) in [6.07, 6.45) is 1.78. The number of benzene rings is 2. The Morgan fingerprint density at radius 3 is 2.70 bits per heavy atom. The van der Waals surface area contributed by atoms with E-state index in [1.807, 2.05) is 54.6 Å². The lowest BCUT2D eigenvalue weighted by Gasteiger charge is -2.12. The molecule has 0 aliphatic heterocycles. The molecule has 0 aliphatic carbocycles. The first-order valence-electron chi connectivity index (χ1n) is 7.28. The summed E-state index contributed by atoms with van der Waals surface area (Å²) in [7, 11) is 1.66. The van der Waals surface area contributed by atoms with Crippen LogP contribution < -0.4 is 15.4 Å².